The molecule has 1 atom stereocenters. The summed E-state index contributed by atoms with van der Waals surface area (Å²) in [5.74, 6) is -0.0985. The molecule has 1 unspecified atom stereocenters. The molecule has 2 amide bonds. The summed E-state index contributed by atoms with van der Waals surface area (Å²) in [6.07, 6.45) is 4.40. The third kappa shape index (κ3) is 5.54. The second kappa shape index (κ2) is 8.92. The van der Waals surface area contributed by atoms with E-state index in [9.17, 15) is 9.59 Å². The van der Waals surface area contributed by atoms with Gasteiger partial charge in [0.05, 0.1) is 5.92 Å². The molecular formula is C18H25ClN2O2. The van der Waals surface area contributed by atoms with Gasteiger partial charge in [0.2, 0.25) is 11.8 Å². The van der Waals surface area contributed by atoms with Crippen LogP contribution in [0.25, 0.3) is 0 Å². The van der Waals surface area contributed by atoms with Gasteiger partial charge in [-0.05, 0) is 30.5 Å². The smallest absolute Gasteiger partial charge is 0.225 e. The van der Waals surface area contributed by atoms with E-state index < -0.39 is 0 Å². The topological polar surface area (TPSA) is 49.4 Å². The second-order valence-corrected chi connectivity index (χ2v) is 6.55. The highest BCUT2D eigenvalue weighted by Crippen LogP contribution is 2.18. The van der Waals surface area contributed by atoms with E-state index in [2.05, 4.69) is 12.2 Å². The van der Waals surface area contributed by atoms with Crippen molar-refractivity contribution in [1.82, 2.24) is 10.2 Å². The molecule has 1 fully saturated rings. The molecule has 1 saturated heterocycles. The molecular weight excluding hydrogens is 312 g/mol. The Labute approximate surface area is 143 Å². The number of nitrogens with zero attached hydrogens (tertiary/aromatic N) is 1. The van der Waals surface area contributed by atoms with Gasteiger partial charge in [0, 0.05) is 31.1 Å². The Balaban J connectivity index is 1.71. The van der Waals surface area contributed by atoms with Crippen LogP contribution in [-0.4, -0.2) is 36.3 Å². The lowest BCUT2D eigenvalue weighted by atomic mass is 10.1. The van der Waals surface area contributed by atoms with Crippen molar-refractivity contribution in [1.29, 1.82) is 0 Å². The number of amides is 2. The first-order chi connectivity index (χ1) is 11.1. The third-order valence-corrected chi connectivity index (χ3v) is 4.50. The van der Waals surface area contributed by atoms with E-state index in [1.54, 1.807) is 0 Å². The molecule has 1 heterocycles. The van der Waals surface area contributed by atoms with E-state index in [4.69, 9.17) is 11.6 Å². The fraction of sp³-hybridized carbons (Fsp3) is 0.556. The minimum absolute atomic E-state index is 0.00898. The maximum absolute atomic E-state index is 12.2. The molecule has 23 heavy (non-hydrogen) atoms. The Morgan fingerprint density at radius 3 is 2.74 bits per heavy atom. The summed E-state index contributed by atoms with van der Waals surface area (Å²) in [7, 11) is 0. The minimum Gasteiger partial charge on any atom is -0.355 e. The minimum atomic E-state index is -0.200. The van der Waals surface area contributed by atoms with Crippen molar-refractivity contribution in [2.75, 3.05) is 19.6 Å². The molecule has 1 N–H and O–H groups in total. The van der Waals surface area contributed by atoms with Crippen LogP contribution in [0.5, 0.6) is 0 Å². The van der Waals surface area contributed by atoms with Crippen molar-refractivity contribution in [3.05, 3.63) is 34.9 Å². The maximum atomic E-state index is 12.2. The number of likely N-dealkylation sites (tertiary alicyclic amines) is 1. The van der Waals surface area contributed by atoms with Gasteiger partial charge in [0.1, 0.15) is 0 Å². The Kier molecular flexibility index (Phi) is 6.90. The molecule has 0 aliphatic carbocycles. The SMILES string of the molecule is CCCCCN1CC(C(=O)NCCc2ccc(Cl)cc2)CC1=O. The number of hydrogen-bond acceptors (Lipinski definition) is 2. The van der Waals surface area contributed by atoms with E-state index in [-0.39, 0.29) is 17.7 Å². The average Bonchev–Trinajstić information content (AvgIpc) is 2.91. The average molecular weight is 337 g/mol. The number of rotatable bonds is 8. The van der Waals surface area contributed by atoms with Crippen LogP contribution in [0.4, 0.5) is 0 Å². The van der Waals surface area contributed by atoms with Crippen LogP contribution in [0.1, 0.15) is 38.2 Å². The third-order valence-electron chi connectivity index (χ3n) is 4.24. The van der Waals surface area contributed by atoms with Gasteiger partial charge in [-0.15, -0.1) is 0 Å². The van der Waals surface area contributed by atoms with Crippen LogP contribution >= 0.6 is 11.6 Å². The molecule has 0 radical (unpaired) electrons. The van der Waals surface area contributed by atoms with Crippen molar-refractivity contribution >= 4 is 23.4 Å². The predicted molar refractivity (Wildman–Crippen MR) is 92.4 cm³/mol. The fourth-order valence-corrected chi connectivity index (χ4v) is 2.97. The molecule has 1 aromatic carbocycles. The molecule has 0 spiro atoms. The summed E-state index contributed by atoms with van der Waals surface area (Å²) in [6, 6.07) is 7.62. The molecule has 0 saturated carbocycles. The fourth-order valence-electron chi connectivity index (χ4n) is 2.84. The van der Waals surface area contributed by atoms with Gasteiger partial charge in [-0.3, -0.25) is 9.59 Å². The lowest BCUT2D eigenvalue weighted by Crippen LogP contribution is -2.34. The van der Waals surface area contributed by atoms with Gasteiger partial charge in [-0.25, -0.2) is 0 Å². The second-order valence-electron chi connectivity index (χ2n) is 6.12. The summed E-state index contributed by atoms with van der Waals surface area (Å²) < 4.78 is 0. The van der Waals surface area contributed by atoms with Crippen LogP contribution < -0.4 is 5.32 Å². The standard InChI is InChI=1S/C18H25ClN2O2/c1-2-3-4-11-21-13-15(12-17(21)22)18(23)20-10-9-14-5-7-16(19)8-6-14/h5-8,15H,2-4,9-13H2,1H3,(H,20,23). The first-order valence-electron chi connectivity index (χ1n) is 8.40. The Bertz CT molecular complexity index is 530. The van der Waals surface area contributed by atoms with Crippen LogP contribution in [-0.2, 0) is 16.0 Å². The molecule has 5 heteroatoms. The number of carbonyl (C=O) groups excluding carboxylic acids is 2. The quantitative estimate of drug-likeness (QED) is 0.742. The molecule has 0 aromatic heterocycles. The van der Waals surface area contributed by atoms with E-state index in [1.165, 1.54) is 0 Å². The highest BCUT2D eigenvalue weighted by Gasteiger charge is 2.33. The molecule has 1 aliphatic rings. The monoisotopic (exact) mass is 336 g/mol. The van der Waals surface area contributed by atoms with Gasteiger partial charge in [0.25, 0.3) is 0 Å². The first kappa shape index (κ1) is 17.8. The highest BCUT2D eigenvalue weighted by atomic mass is 35.5. The lowest BCUT2D eigenvalue weighted by Gasteiger charge is -2.16. The van der Waals surface area contributed by atoms with E-state index >= 15 is 0 Å². The lowest BCUT2D eigenvalue weighted by molar-refractivity contribution is -0.129. The number of hydrogen-bond donors (Lipinski definition) is 1. The summed E-state index contributed by atoms with van der Waals surface area (Å²) in [5, 5.41) is 3.66. The number of halogens is 1. The van der Waals surface area contributed by atoms with E-state index in [0.29, 0.717) is 24.5 Å². The van der Waals surface area contributed by atoms with Gasteiger partial charge in [-0.2, -0.15) is 0 Å². The normalized spacial score (nSPS) is 17.6. The van der Waals surface area contributed by atoms with Crippen LogP contribution in [0.15, 0.2) is 24.3 Å². The van der Waals surface area contributed by atoms with Crippen molar-refractivity contribution in [3.8, 4) is 0 Å². The summed E-state index contributed by atoms with van der Waals surface area (Å²) in [5.41, 5.74) is 1.14. The zero-order valence-corrected chi connectivity index (χ0v) is 14.4. The molecule has 0 bridgehead atoms. The van der Waals surface area contributed by atoms with Crippen LogP contribution in [0.2, 0.25) is 5.02 Å². The van der Waals surface area contributed by atoms with E-state index in [0.717, 1.165) is 37.8 Å². The van der Waals surface area contributed by atoms with Gasteiger partial charge in [-0.1, -0.05) is 43.5 Å². The van der Waals surface area contributed by atoms with Gasteiger partial charge in [0.15, 0.2) is 0 Å². The van der Waals surface area contributed by atoms with Crippen molar-refractivity contribution in [2.24, 2.45) is 5.92 Å². The Hall–Kier alpha value is -1.55. The van der Waals surface area contributed by atoms with Crippen molar-refractivity contribution in [3.63, 3.8) is 0 Å². The number of nitrogens with one attached hydrogen (secondary N) is 1. The summed E-state index contributed by atoms with van der Waals surface area (Å²) in [6.45, 7) is 4.07. The largest absolute Gasteiger partial charge is 0.355 e. The van der Waals surface area contributed by atoms with E-state index in [1.807, 2.05) is 29.2 Å². The first-order valence-corrected chi connectivity index (χ1v) is 8.78. The van der Waals surface area contributed by atoms with Crippen molar-refractivity contribution < 1.29 is 9.59 Å². The zero-order valence-electron chi connectivity index (χ0n) is 13.7. The maximum Gasteiger partial charge on any atom is 0.225 e. The van der Waals surface area contributed by atoms with Crippen molar-refractivity contribution in [2.45, 2.75) is 39.0 Å². The number of benzene rings is 1. The molecule has 1 aromatic rings. The molecule has 2 rings (SSSR count). The number of carbonyl (C=O) groups is 2. The summed E-state index contributed by atoms with van der Waals surface area (Å²) >= 11 is 5.85. The zero-order chi connectivity index (χ0) is 16.7. The molecule has 1 aliphatic heterocycles. The highest BCUT2D eigenvalue weighted by molar-refractivity contribution is 6.30. The molecule has 4 nitrogen and oxygen atoms in total. The van der Waals surface area contributed by atoms with Gasteiger partial charge < -0.3 is 10.2 Å². The Morgan fingerprint density at radius 2 is 2.04 bits per heavy atom. The number of unbranched alkanes of at least 4 members (excludes halogenated alkanes) is 2. The van der Waals surface area contributed by atoms with Crippen LogP contribution in [0.3, 0.4) is 0 Å². The molecule has 126 valence electrons. The Morgan fingerprint density at radius 1 is 1.30 bits per heavy atom. The van der Waals surface area contributed by atoms with Gasteiger partial charge >= 0.3 is 0 Å². The van der Waals surface area contributed by atoms with Crippen LogP contribution in [0, 0.1) is 5.92 Å². The summed E-state index contributed by atoms with van der Waals surface area (Å²) in [4.78, 5) is 26.0. The predicted octanol–water partition coefficient (Wildman–Crippen LogP) is 3.04.